The second-order valence-corrected chi connectivity index (χ2v) is 7.38. The van der Waals surface area contributed by atoms with E-state index in [0.29, 0.717) is 46.8 Å². The van der Waals surface area contributed by atoms with Crippen LogP contribution in [0.1, 0.15) is 49.9 Å². The Morgan fingerprint density at radius 3 is 2.61 bits per heavy atom. The van der Waals surface area contributed by atoms with Crippen LogP contribution < -0.4 is 9.47 Å². The van der Waals surface area contributed by atoms with E-state index in [1.165, 1.54) is 0 Å². The van der Waals surface area contributed by atoms with Crippen molar-refractivity contribution in [2.75, 3.05) is 6.61 Å². The SMILES string of the molecule is C=C/C=C(\C(F)=C(C)C)c1cc(COc2ccccc2CC(=O)OF)cc2c1OCC2.CC. The number of benzene rings is 2. The maximum atomic E-state index is 14.9. The van der Waals surface area contributed by atoms with Crippen molar-refractivity contribution in [1.29, 1.82) is 0 Å². The van der Waals surface area contributed by atoms with Gasteiger partial charge in [-0.2, -0.15) is 0 Å². The number of halogens is 2. The van der Waals surface area contributed by atoms with Gasteiger partial charge in [-0.1, -0.05) is 50.8 Å². The molecule has 0 spiro atoms. The summed E-state index contributed by atoms with van der Waals surface area (Å²) in [4.78, 5) is 14.6. The van der Waals surface area contributed by atoms with Crippen LogP contribution in [0.25, 0.3) is 5.57 Å². The van der Waals surface area contributed by atoms with E-state index in [0.717, 1.165) is 11.1 Å². The van der Waals surface area contributed by atoms with Crippen molar-refractivity contribution >= 4 is 11.5 Å². The molecule has 0 atom stereocenters. The van der Waals surface area contributed by atoms with Crippen LogP contribution in [0.4, 0.5) is 8.92 Å². The minimum atomic E-state index is -0.996. The van der Waals surface area contributed by atoms with Crippen molar-refractivity contribution in [3.8, 4) is 11.5 Å². The molecule has 0 saturated carbocycles. The summed E-state index contributed by atoms with van der Waals surface area (Å²) in [5, 5.41) is 0. The largest absolute Gasteiger partial charge is 0.492 e. The van der Waals surface area contributed by atoms with Gasteiger partial charge in [-0.05, 0) is 48.7 Å². The van der Waals surface area contributed by atoms with Crippen LogP contribution >= 0.6 is 0 Å². The van der Waals surface area contributed by atoms with Gasteiger partial charge in [0.2, 0.25) is 0 Å². The fourth-order valence-corrected chi connectivity index (χ4v) is 3.46. The van der Waals surface area contributed by atoms with E-state index in [1.54, 1.807) is 50.3 Å². The third-order valence-electron chi connectivity index (χ3n) is 4.88. The topological polar surface area (TPSA) is 44.8 Å². The van der Waals surface area contributed by atoms with Gasteiger partial charge in [-0.15, -0.1) is 0 Å². The first-order chi connectivity index (χ1) is 15.9. The van der Waals surface area contributed by atoms with Crippen molar-refractivity contribution in [3.63, 3.8) is 0 Å². The van der Waals surface area contributed by atoms with Crippen LogP contribution in [-0.4, -0.2) is 12.6 Å². The summed E-state index contributed by atoms with van der Waals surface area (Å²) in [6.45, 7) is 11.8. The zero-order chi connectivity index (χ0) is 24.4. The molecule has 1 aliphatic heterocycles. The lowest BCUT2D eigenvalue weighted by atomic mass is 9.95. The van der Waals surface area contributed by atoms with Crippen molar-refractivity contribution in [3.05, 3.63) is 88.8 Å². The zero-order valence-corrected chi connectivity index (χ0v) is 19.5. The Morgan fingerprint density at radius 2 is 1.94 bits per heavy atom. The van der Waals surface area contributed by atoms with Crippen LogP contribution in [0.2, 0.25) is 0 Å². The van der Waals surface area contributed by atoms with Crippen molar-refractivity contribution in [2.24, 2.45) is 0 Å². The van der Waals surface area contributed by atoms with Gasteiger partial charge in [0, 0.05) is 27.6 Å². The molecule has 1 aliphatic rings. The van der Waals surface area contributed by atoms with Crippen molar-refractivity contribution < 1.29 is 28.1 Å². The Kier molecular flexibility index (Phi) is 9.85. The first kappa shape index (κ1) is 25.8. The molecule has 0 fully saturated rings. The standard InChI is InChI=1S/C25H24F2O4.C2H6/c1-4-7-20(24(26)16(2)3)21-13-17(12-19-10-11-29-25(19)21)15-30-22-9-6-5-8-18(22)14-23(28)31-27;1-2/h4-9,12-13H,1,10-11,14-15H2,2-3H3;1-2H3/b20-7-;. The molecule has 4 nitrogen and oxygen atoms in total. The van der Waals surface area contributed by atoms with Crippen LogP contribution in [0.5, 0.6) is 11.5 Å². The maximum absolute atomic E-state index is 14.9. The normalized spacial score (nSPS) is 12.0. The number of carbonyl (C=O) groups is 1. The molecule has 0 unspecified atom stereocenters. The molecule has 0 N–H and O–H groups in total. The van der Waals surface area contributed by atoms with Crippen LogP contribution in [0, 0.1) is 0 Å². The Bertz CT molecular complexity index is 1050. The first-order valence-corrected chi connectivity index (χ1v) is 10.9. The molecule has 0 saturated heterocycles. The number of para-hydroxylation sites is 1. The summed E-state index contributed by atoms with van der Waals surface area (Å²) in [5.41, 5.74) is 3.90. The molecular weight excluding hydrogens is 426 g/mol. The smallest absolute Gasteiger partial charge is 0.353 e. The van der Waals surface area contributed by atoms with E-state index in [-0.39, 0.29) is 18.9 Å². The van der Waals surface area contributed by atoms with Gasteiger partial charge in [-0.3, -0.25) is 4.94 Å². The van der Waals surface area contributed by atoms with Gasteiger partial charge in [0.15, 0.2) is 0 Å². The Balaban J connectivity index is 0.00000187. The van der Waals surface area contributed by atoms with Gasteiger partial charge in [0.25, 0.3) is 0 Å². The van der Waals surface area contributed by atoms with Gasteiger partial charge in [0.05, 0.1) is 13.0 Å². The molecule has 0 bridgehead atoms. The molecule has 6 heteroatoms. The average molecular weight is 457 g/mol. The molecule has 0 radical (unpaired) electrons. The molecule has 176 valence electrons. The lowest BCUT2D eigenvalue weighted by Gasteiger charge is -2.15. The summed E-state index contributed by atoms with van der Waals surface area (Å²) < 4.78 is 38.8. The van der Waals surface area contributed by atoms with E-state index in [4.69, 9.17) is 9.47 Å². The second-order valence-electron chi connectivity index (χ2n) is 7.38. The van der Waals surface area contributed by atoms with Gasteiger partial charge >= 0.3 is 5.97 Å². The molecular formula is C27H30F2O4. The number of fused-ring (bicyclic) bond motifs is 1. The fourth-order valence-electron chi connectivity index (χ4n) is 3.46. The lowest BCUT2D eigenvalue weighted by molar-refractivity contribution is -0.182. The molecule has 33 heavy (non-hydrogen) atoms. The average Bonchev–Trinajstić information content (AvgIpc) is 3.31. The second kappa shape index (κ2) is 12.6. The van der Waals surface area contributed by atoms with Crippen LogP contribution in [0.15, 0.2) is 66.5 Å². The first-order valence-electron chi connectivity index (χ1n) is 10.9. The zero-order valence-electron chi connectivity index (χ0n) is 19.5. The van der Waals surface area contributed by atoms with Crippen molar-refractivity contribution in [1.82, 2.24) is 0 Å². The summed E-state index contributed by atoms with van der Waals surface area (Å²) in [6.07, 6.45) is 3.64. The Labute approximate surface area is 194 Å². The molecule has 0 aromatic heterocycles. The van der Waals surface area contributed by atoms with E-state index < -0.39 is 5.97 Å². The highest BCUT2D eigenvalue weighted by molar-refractivity contribution is 5.83. The molecule has 2 aromatic carbocycles. The third-order valence-corrected chi connectivity index (χ3v) is 4.88. The van der Waals surface area contributed by atoms with Crippen LogP contribution in [0.3, 0.4) is 0 Å². The summed E-state index contributed by atoms with van der Waals surface area (Å²) in [5.74, 6) is -0.210. The molecule has 3 rings (SSSR count). The van der Waals surface area contributed by atoms with E-state index >= 15 is 0 Å². The molecule has 0 amide bonds. The summed E-state index contributed by atoms with van der Waals surface area (Å²) in [7, 11) is 0. The summed E-state index contributed by atoms with van der Waals surface area (Å²) >= 11 is 0. The Morgan fingerprint density at radius 1 is 1.21 bits per heavy atom. The monoisotopic (exact) mass is 456 g/mol. The summed E-state index contributed by atoms with van der Waals surface area (Å²) in [6, 6.07) is 10.7. The number of hydrogen-bond acceptors (Lipinski definition) is 4. The van der Waals surface area contributed by atoms with Crippen molar-refractivity contribution in [2.45, 2.75) is 47.1 Å². The number of hydrogen-bond donors (Lipinski definition) is 0. The number of ether oxygens (including phenoxy) is 2. The fraction of sp³-hybridized carbons (Fsp3) is 0.296. The minimum absolute atomic E-state index is 0.180. The highest BCUT2D eigenvalue weighted by Gasteiger charge is 2.22. The number of carbonyl (C=O) groups excluding carboxylic acids is 1. The number of rotatable bonds is 8. The number of allylic oxidation sites excluding steroid dienone is 5. The maximum Gasteiger partial charge on any atom is 0.353 e. The highest BCUT2D eigenvalue weighted by atomic mass is 19.3. The van der Waals surface area contributed by atoms with E-state index in [2.05, 4.69) is 11.5 Å². The Hall–Kier alpha value is -3.41. The predicted octanol–water partition coefficient (Wildman–Crippen LogP) is 7.03. The predicted molar refractivity (Wildman–Crippen MR) is 126 cm³/mol. The van der Waals surface area contributed by atoms with Gasteiger partial charge in [0.1, 0.15) is 23.9 Å². The molecule has 0 aliphatic carbocycles. The van der Waals surface area contributed by atoms with Crippen LogP contribution in [-0.2, 0) is 29.2 Å². The molecule has 2 aromatic rings. The van der Waals surface area contributed by atoms with E-state index in [1.807, 2.05) is 26.0 Å². The highest BCUT2D eigenvalue weighted by Crippen LogP contribution is 2.39. The third kappa shape index (κ3) is 6.54. The lowest BCUT2D eigenvalue weighted by Crippen LogP contribution is -2.06. The molecule has 1 heterocycles. The minimum Gasteiger partial charge on any atom is -0.492 e. The van der Waals surface area contributed by atoms with E-state index in [9.17, 15) is 13.7 Å². The quantitative estimate of drug-likeness (QED) is 0.400. The van der Waals surface area contributed by atoms with Gasteiger partial charge in [-0.25, -0.2) is 9.18 Å². The van der Waals surface area contributed by atoms with Gasteiger partial charge < -0.3 is 9.47 Å².